The van der Waals surface area contributed by atoms with Crippen molar-refractivity contribution in [1.29, 1.82) is 0 Å². The van der Waals surface area contributed by atoms with Gasteiger partial charge in [0.2, 0.25) is 11.7 Å². The SMILES string of the molecule is O=c1c2sccc2nc(SCc2nc(-c3ccccc3Cl)no2)n1Cc1ccccc1. The Hall–Kier alpha value is -2.94. The number of aromatic nitrogens is 4. The van der Waals surface area contributed by atoms with Crippen LogP contribution in [0.2, 0.25) is 5.02 Å². The number of thiophene rings is 1. The number of nitrogens with zero attached hydrogens (tertiary/aromatic N) is 4. The molecule has 3 heterocycles. The van der Waals surface area contributed by atoms with Crippen molar-refractivity contribution in [2.75, 3.05) is 0 Å². The minimum absolute atomic E-state index is 0.0476. The lowest BCUT2D eigenvalue weighted by molar-refractivity contribution is 0.391. The quantitative estimate of drug-likeness (QED) is 0.243. The third-order valence-corrected chi connectivity index (χ3v) is 6.80. The molecule has 5 rings (SSSR count). The molecular weight excluding hydrogens is 452 g/mol. The van der Waals surface area contributed by atoms with Crippen molar-refractivity contribution in [2.45, 2.75) is 17.5 Å². The normalized spacial score (nSPS) is 11.3. The predicted molar refractivity (Wildman–Crippen MR) is 124 cm³/mol. The first-order valence-electron chi connectivity index (χ1n) is 9.41. The Morgan fingerprint density at radius 3 is 2.68 bits per heavy atom. The zero-order chi connectivity index (χ0) is 21.2. The van der Waals surface area contributed by atoms with Gasteiger partial charge in [-0.1, -0.05) is 71.0 Å². The molecule has 0 unspecified atom stereocenters. The lowest BCUT2D eigenvalue weighted by Gasteiger charge is -2.11. The highest BCUT2D eigenvalue weighted by molar-refractivity contribution is 7.98. The summed E-state index contributed by atoms with van der Waals surface area (Å²) in [7, 11) is 0. The molecule has 9 heteroatoms. The van der Waals surface area contributed by atoms with Crippen molar-refractivity contribution in [2.24, 2.45) is 0 Å². The molecule has 0 aliphatic rings. The maximum atomic E-state index is 13.1. The van der Waals surface area contributed by atoms with E-state index >= 15 is 0 Å². The summed E-state index contributed by atoms with van der Waals surface area (Å²) in [5.74, 6) is 1.25. The summed E-state index contributed by atoms with van der Waals surface area (Å²) >= 11 is 9.02. The van der Waals surface area contributed by atoms with E-state index in [4.69, 9.17) is 21.1 Å². The number of benzene rings is 2. The topological polar surface area (TPSA) is 73.8 Å². The van der Waals surface area contributed by atoms with E-state index in [1.54, 1.807) is 10.6 Å². The molecular formula is C22H15ClN4O2S2. The Morgan fingerprint density at radius 2 is 1.84 bits per heavy atom. The predicted octanol–water partition coefficient (Wildman–Crippen LogP) is 5.50. The van der Waals surface area contributed by atoms with Crippen LogP contribution in [-0.2, 0) is 12.3 Å². The highest BCUT2D eigenvalue weighted by Gasteiger charge is 2.16. The van der Waals surface area contributed by atoms with E-state index in [0.29, 0.717) is 50.0 Å². The van der Waals surface area contributed by atoms with E-state index in [2.05, 4.69) is 10.1 Å². The Bertz CT molecular complexity index is 1410. The van der Waals surface area contributed by atoms with E-state index in [9.17, 15) is 4.79 Å². The van der Waals surface area contributed by atoms with E-state index < -0.39 is 0 Å². The van der Waals surface area contributed by atoms with Gasteiger partial charge >= 0.3 is 0 Å². The summed E-state index contributed by atoms with van der Waals surface area (Å²) in [4.78, 5) is 22.3. The molecule has 6 nitrogen and oxygen atoms in total. The van der Waals surface area contributed by atoms with Gasteiger partial charge in [0.25, 0.3) is 5.56 Å². The molecule has 31 heavy (non-hydrogen) atoms. The van der Waals surface area contributed by atoms with Crippen LogP contribution < -0.4 is 5.56 Å². The first-order chi connectivity index (χ1) is 15.2. The molecule has 0 saturated heterocycles. The van der Waals surface area contributed by atoms with Crippen LogP contribution in [0.25, 0.3) is 21.6 Å². The molecule has 3 aromatic heterocycles. The average Bonchev–Trinajstić information content (AvgIpc) is 3.45. The fourth-order valence-electron chi connectivity index (χ4n) is 3.13. The highest BCUT2D eigenvalue weighted by Crippen LogP contribution is 2.27. The van der Waals surface area contributed by atoms with Crippen LogP contribution >= 0.6 is 34.7 Å². The summed E-state index contributed by atoms with van der Waals surface area (Å²) in [6.45, 7) is 0.442. The molecule has 0 N–H and O–H groups in total. The molecule has 0 fully saturated rings. The van der Waals surface area contributed by atoms with Gasteiger partial charge in [-0.15, -0.1) is 11.3 Å². The van der Waals surface area contributed by atoms with Crippen LogP contribution in [0.5, 0.6) is 0 Å². The second kappa shape index (κ2) is 8.66. The molecule has 2 aromatic carbocycles. The number of fused-ring (bicyclic) bond motifs is 1. The summed E-state index contributed by atoms with van der Waals surface area (Å²) in [5.41, 5.74) is 2.39. The summed E-state index contributed by atoms with van der Waals surface area (Å²) < 4.78 is 7.75. The smallest absolute Gasteiger partial charge is 0.272 e. The van der Waals surface area contributed by atoms with Gasteiger partial charge in [-0.2, -0.15) is 4.98 Å². The van der Waals surface area contributed by atoms with Gasteiger partial charge in [0.15, 0.2) is 5.16 Å². The first-order valence-corrected chi connectivity index (χ1v) is 11.7. The zero-order valence-corrected chi connectivity index (χ0v) is 18.5. The Morgan fingerprint density at radius 1 is 1.03 bits per heavy atom. The van der Waals surface area contributed by atoms with Gasteiger partial charge in [0, 0.05) is 5.56 Å². The molecule has 0 radical (unpaired) electrons. The van der Waals surface area contributed by atoms with Crippen molar-refractivity contribution in [3.8, 4) is 11.4 Å². The van der Waals surface area contributed by atoms with Gasteiger partial charge in [0.05, 0.1) is 22.8 Å². The van der Waals surface area contributed by atoms with Gasteiger partial charge in [-0.25, -0.2) is 4.98 Å². The second-order valence-electron chi connectivity index (χ2n) is 6.69. The van der Waals surface area contributed by atoms with Crippen molar-refractivity contribution in [1.82, 2.24) is 19.7 Å². The van der Waals surface area contributed by atoms with Crippen LogP contribution in [-0.4, -0.2) is 19.7 Å². The number of thioether (sulfide) groups is 1. The molecule has 0 atom stereocenters. The molecule has 0 amide bonds. The number of rotatable bonds is 6. The maximum Gasteiger partial charge on any atom is 0.272 e. The number of hydrogen-bond acceptors (Lipinski definition) is 7. The van der Waals surface area contributed by atoms with Crippen LogP contribution in [0.1, 0.15) is 11.5 Å². The Kier molecular flexibility index (Phi) is 5.59. The minimum Gasteiger partial charge on any atom is -0.338 e. The summed E-state index contributed by atoms with van der Waals surface area (Å²) in [6.07, 6.45) is 0. The van der Waals surface area contributed by atoms with E-state index in [1.807, 2.05) is 60.0 Å². The lowest BCUT2D eigenvalue weighted by atomic mass is 10.2. The monoisotopic (exact) mass is 466 g/mol. The molecule has 0 bridgehead atoms. The second-order valence-corrected chi connectivity index (χ2v) is 8.95. The highest BCUT2D eigenvalue weighted by atomic mass is 35.5. The minimum atomic E-state index is -0.0476. The van der Waals surface area contributed by atoms with Crippen molar-refractivity contribution < 1.29 is 4.52 Å². The Balaban J connectivity index is 1.44. The van der Waals surface area contributed by atoms with Gasteiger partial charge < -0.3 is 4.52 Å². The van der Waals surface area contributed by atoms with E-state index in [-0.39, 0.29) is 5.56 Å². The summed E-state index contributed by atoms with van der Waals surface area (Å²) in [5, 5.41) is 7.09. The molecule has 5 aromatic rings. The van der Waals surface area contributed by atoms with Crippen LogP contribution in [0.3, 0.4) is 0 Å². The molecule has 0 aliphatic carbocycles. The fraction of sp³-hybridized carbons (Fsp3) is 0.0909. The number of halogens is 1. The first kappa shape index (κ1) is 20.0. The van der Waals surface area contributed by atoms with Crippen molar-refractivity contribution >= 4 is 44.9 Å². The van der Waals surface area contributed by atoms with E-state index in [0.717, 1.165) is 5.56 Å². The van der Waals surface area contributed by atoms with E-state index in [1.165, 1.54) is 23.1 Å². The molecule has 0 spiro atoms. The summed E-state index contributed by atoms with van der Waals surface area (Å²) in [6, 6.07) is 19.1. The largest absolute Gasteiger partial charge is 0.338 e. The van der Waals surface area contributed by atoms with Crippen LogP contribution in [0.4, 0.5) is 0 Å². The standard InChI is InChI=1S/C22H15ClN4O2S2/c23-16-9-5-4-8-15(16)20-25-18(29-26-20)13-31-22-24-17-10-11-30-19(17)21(28)27(22)12-14-6-2-1-3-7-14/h1-11H,12-13H2. The third kappa shape index (κ3) is 4.14. The maximum absolute atomic E-state index is 13.1. The van der Waals surface area contributed by atoms with Crippen molar-refractivity contribution in [3.63, 3.8) is 0 Å². The Labute approximate surface area is 190 Å². The van der Waals surface area contributed by atoms with Crippen LogP contribution in [0, 0.1) is 0 Å². The van der Waals surface area contributed by atoms with Crippen LogP contribution in [0.15, 0.2) is 80.5 Å². The number of hydrogen-bond donors (Lipinski definition) is 0. The van der Waals surface area contributed by atoms with Crippen molar-refractivity contribution in [3.05, 3.63) is 92.9 Å². The third-order valence-electron chi connectivity index (χ3n) is 4.62. The molecule has 0 saturated carbocycles. The van der Waals surface area contributed by atoms with Gasteiger partial charge in [0.1, 0.15) is 4.70 Å². The lowest BCUT2D eigenvalue weighted by Crippen LogP contribution is -2.23. The zero-order valence-electron chi connectivity index (χ0n) is 16.1. The van der Waals surface area contributed by atoms with Gasteiger partial charge in [-0.3, -0.25) is 9.36 Å². The molecule has 0 aliphatic heterocycles. The average molecular weight is 467 g/mol. The fourth-order valence-corrected chi connectivity index (χ4v) is 4.97. The van der Waals surface area contributed by atoms with Gasteiger partial charge in [-0.05, 0) is 29.1 Å². The molecule has 154 valence electrons.